The molecule has 0 bridgehead atoms. The Morgan fingerprint density at radius 2 is 1.26 bits per heavy atom. The third kappa shape index (κ3) is 12.5. The van der Waals surface area contributed by atoms with E-state index in [-0.39, 0.29) is 28.5 Å². The summed E-state index contributed by atoms with van der Waals surface area (Å²) in [6, 6.07) is 1.09. The number of nitrogens with zero attached hydrogens (tertiary/aromatic N) is 2. The van der Waals surface area contributed by atoms with Gasteiger partial charge in [-0.15, -0.1) is 13.1 Å². The first-order chi connectivity index (χ1) is 8.99. The topological polar surface area (TPSA) is 104 Å². The van der Waals surface area contributed by atoms with Crippen LogP contribution in [-0.2, 0) is 15.9 Å². The van der Waals surface area contributed by atoms with Gasteiger partial charge in [0.25, 0.3) is 0 Å². The van der Waals surface area contributed by atoms with Crippen molar-refractivity contribution in [3.8, 4) is 0 Å². The quantitative estimate of drug-likeness (QED) is 0.457. The Kier molecular flexibility index (Phi) is 13.4. The molecule has 0 aromatic carbocycles. The van der Waals surface area contributed by atoms with Gasteiger partial charge < -0.3 is 32.7 Å². The van der Waals surface area contributed by atoms with E-state index in [2.05, 4.69) is 35.1 Å². The van der Waals surface area contributed by atoms with Crippen molar-refractivity contribution in [3.63, 3.8) is 0 Å². The molecule has 6 N–H and O–H groups in total. The van der Waals surface area contributed by atoms with Crippen molar-refractivity contribution < 1.29 is 15.9 Å². The fourth-order valence-electron chi connectivity index (χ4n) is 1.67. The first-order valence-corrected chi connectivity index (χ1v) is 10.2. The van der Waals surface area contributed by atoms with Crippen molar-refractivity contribution in [2.24, 2.45) is 11.5 Å². The summed E-state index contributed by atoms with van der Waals surface area (Å²) < 4.78 is 0. The van der Waals surface area contributed by atoms with Crippen LogP contribution >= 0.6 is 19.1 Å². The molecule has 0 radical (unpaired) electrons. The van der Waals surface area contributed by atoms with Gasteiger partial charge in [0.05, 0.1) is 0 Å². The van der Waals surface area contributed by atoms with E-state index in [4.69, 9.17) is 30.5 Å². The maximum atomic E-state index is 5.45. The zero-order chi connectivity index (χ0) is 14.7. The van der Waals surface area contributed by atoms with Crippen LogP contribution < -0.4 is 22.1 Å². The van der Waals surface area contributed by atoms with Crippen LogP contribution in [0, 0.1) is 0 Å². The zero-order valence-electron chi connectivity index (χ0n) is 11.3. The Morgan fingerprint density at radius 1 is 0.947 bits per heavy atom. The Bertz CT molecular complexity index is 178. The average Bonchev–Trinajstić information content (AvgIpc) is 2.30. The summed E-state index contributed by atoms with van der Waals surface area (Å²) in [5, 5.41) is 14.3. The third-order valence-electron chi connectivity index (χ3n) is 2.69. The van der Waals surface area contributed by atoms with Gasteiger partial charge in [-0.25, -0.2) is 0 Å². The van der Waals surface area contributed by atoms with Gasteiger partial charge in [-0.05, 0) is 26.4 Å². The predicted octanol–water partition coefficient (Wildman–Crippen LogP) is 1.34. The first-order valence-electron chi connectivity index (χ1n) is 6.18. The van der Waals surface area contributed by atoms with E-state index in [9.17, 15) is 0 Å². The molecule has 2 rings (SSSR count). The molecule has 19 heavy (non-hydrogen) atoms. The molecule has 2 heterocycles. The molecule has 0 aliphatic carbocycles. The van der Waals surface area contributed by atoms with Crippen molar-refractivity contribution in [1.29, 1.82) is 0 Å². The molecule has 0 aromatic heterocycles. The standard InChI is InChI=1S/2C5H12N3.2ClH.Pd/c2*1-4-2-3-7-5(6)8-4;;;/h2*4-5,8H,2-3,6H2,1H3;2*1H;/q2*-1;;;+2/p-2. The normalized spacial score (nSPS) is 34.6. The van der Waals surface area contributed by atoms with E-state index >= 15 is 0 Å². The van der Waals surface area contributed by atoms with E-state index in [1.165, 1.54) is 0 Å². The second-order valence-corrected chi connectivity index (χ2v) is 6.82. The summed E-state index contributed by atoms with van der Waals surface area (Å²) in [6.07, 6.45) is 2.01. The second kappa shape index (κ2) is 12.7. The van der Waals surface area contributed by atoms with Crippen molar-refractivity contribution in [3.05, 3.63) is 10.6 Å². The van der Waals surface area contributed by atoms with Crippen LogP contribution in [0.3, 0.4) is 0 Å². The fourth-order valence-corrected chi connectivity index (χ4v) is 1.67. The molecule has 9 heteroatoms. The van der Waals surface area contributed by atoms with Crippen LogP contribution in [0.15, 0.2) is 0 Å². The SMILES string of the molecule is CC1CC[N-]C(N)N1.CC1CC[N-]C(N)N1.[Cl][Pd][Cl]. The molecule has 0 spiro atoms. The van der Waals surface area contributed by atoms with Crippen LogP contribution in [0.2, 0.25) is 0 Å². The zero-order valence-corrected chi connectivity index (χ0v) is 14.3. The third-order valence-corrected chi connectivity index (χ3v) is 2.69. The molecule has 0 amide bonds. The maximum absolute atomic E-state index is 5.45. The summed E-state index contributed by atoms with van der Waals surface area (Å²) in [7, 11) is 9.63. The number of nitrogens with two attached hydrogens (primary N) is 2. The summed E-state index contributed by atoms with van der Waals surface area (Å²) in [5.41, 5.74) is 10.9. The van der Waals surface area contributed by atoms with E-state index < -0.39 is 0 Å². The van der Waals surface area contributed by atoms with Crippen LogP contribution in [0.25, 0.3) is 10.6 Å². The van der Waals surface area contributed by atoms with E-state index in [0.29, 0.717) is 12.1 Å². The van der Waals surface area contributed by atoms with E-state index in [1.807, 2.05) is 0 Å². The Morgan fingerprint density at radius 3 is 1.42 bits per heavy atom. The average molecular weight is 406 g/mol. The van der Waals surface area contributed by atoms with Crippen LogP contribution in [-0.4, -0.2) is 37.8 Å². The number of hydrogen-bond acceptors (Lipinski definition) is 4. The van der Waals surface area contributed by atoms with Crippen LogP contribution in [0.5, 0.6) is 0 Å². The van der Waals surface area contributed by atoms with Gasteiger partial charge in [0.1, 0.15) is 0 Å². The number of halogens is 2. The summed E-state index contributed by atoms with van der Waals surface area (Å²) in [5.74, 6) is 0. The molecule has 2 fully saturated rings. The molecular formula is C10H24Cl2N6Pd-2. The van der Waals surface area contributed by atoms with Crippen molar-refractivity contribution in [1.82, 2.24) is 10.6 Å². The van der Waals surface area contributed by atoms with E-state index in [1.54, 1.807) is 0 Å². The predicted molar refractivity (Wildman–Crippen MR) is 78.5 cm³/mol. The van der Waals surface area contributed by atoms with Gasteiger partial charge in [0.2, 0.25) is 0 Å². The molecule has 2 aliphatic rings. The second-order valence-electron chi connectivity index (χ2n) is 4.46. The van der Waals surface area contributed by atoms with Gasteiger partial charge in [-0.3, -0.25) is 0 Å². The van der Waals surface area contributed by atoms with Gasteiger partial charge in [-0.1, -0.05) is 12.8 Å². The van der Waals surface area contributed by atoms with Gasteiger partial charge in [-0.2, -0.15) is 0 Å². The molecule has 6 nitrogen and oxygen atoms in total. The Hall–Kier alpha value is 1.00. The monoisotopic (exact) mass is 404 g/mol. The van der Waals surface area contributed by atoms with Crippen LogP contribution in [0.4, 0.5) is 0 Å². The molecule has 4 atom stereocenters. The molecular weight excluding hydrogens is 381 g/mol. The molecule has 2 saturated heterocycles. The Balaban J connectivity index is 0.000000284. The van der Waals surface area contributed by atoms with Gasteiger partial charge >= 0.3 is 35.0 Å². The van der Waals surface area contributed by atoms with Crippen LogP contribution in [0.1, 0.15) is 26.7 Å². The van der Waals surface area contributed by atoms with Crippen molar-refractivity contribution in [2.45, 2.75) is 51.4 Å². The minimum atomic E-state index is -0.112. The Labute approximate surface area is 132 Å². The summed E-state index contributed by atoms with van der Waals surface area (Å²) >= 11 is -0.106. The van der Waals surface area contributed by atoms with Gasteiger partial charge in [0.15, 0.2) is 0 Å². The molecule has 0 aromatic rings. The summed E-state index contributed by atoms with van der Waals surface area (Å²) in [4.78, 5) is 0. The molecule has 2 aliphatic heterocycles. The van der Waals surface area contributed by atoms with E-state index in [0.717, 1.165) is 25.9 Å². The minimum absolute atomic E-state index is 0.106. The van der Waals surface area contributed by atoms with Crippen molar-refractivity contribution in [2.75, 3.05) is 13.1 Å². The first kappa shape index (κ1) is 20.0. The fraction of sp³-hybridized carbons (Fsp3) is 1.00. The molecule has 4 unspecified atom stereocenters. The number of rotatable bonds is 0. The van der Waals surface area contributed by atoms with Gasteiger partial charge in [0, 0.05) is 12.1 Å². The number of hydrogen-bond donors (Lipinski definition) is 4. The number of nitrogens with one attached hydrogen (secondary N) is 2. The van der Waals surface area contributed by atoms with Crippen molar-refractivity contribution >= 4 is 19.1 Å². The summed E-state index contributed by atoms with van der Waals surface area (Å²) in [6.45, 7) is 6.06. The molecule has 0 saturated carbocycles. The molecule has 120 valence electrons.